The zero-order chi connectivity index (χ0) is 12.2. The predicted molar refractivity (Wildman–Crippen MR) is 66.6 cm³/mol. The second-order valence-electron chi connectivity index (χ2n) is 4.04. The van der Waals surface area contributed by atoms with E-state index in [0.29, 0.717) is 0 Å². The van der Waals surface area contributed by atoms with Gasteiger partial charge in [0.05, 0.1) is 12.7 Å². The lowest BCUT2D eigenvalue weighted by Crippen LogP contribution is -2.31. The zero-order valence-corrected chi connectivity index (χ0v) is 10.9. The van der Waals surface area contributed by atoms with Gasteiger partial charge in [-0.05, 0) is 33.1 Å². The molecule has 0 aliphatic carbocycles. The van der Waals surface area contributed by atoms with Crippen LogP contribution in [0.4, 0.5) is 0 Å². The molecule has 0 spiro atoms. The summed E-state index contributed by atoms with van der Waals surface area (Å²) in [4.78, 5) is 10.6. The van der Waals surface area contributed by atoms with E-state index in [1.165, 1.54) is 0 Å². The van der Waals surface area contributed by atoms with E-state index in [2.05, 4.69) is 31.7 Å². The molecule has 0 fully saturated rings. The van der Waals surface area contributed by atoms with E-state index in [9.17, 15) is 0 Å². The molecule has 0 aliphatic rings. The van der Waals surface area contributed by atoms with Gasteiger partial charge < -0.3 is 4.84 Å². The van der Waals surface area contributed by atoms with Crippen LogP contribution in [-0.4, -0.2) is 25.3 Å². The minimum atomic E-state index is 0.102. The summed E-state index contributed by atoms with van der Waals surface area (Å²) in [5.41, 5.74) is 5.85. The SMILES string of the molecule is [CH2]C(CCNOC(C)CC)NOCCCC. The Balaban J connectivity index is 3.20. The molecule has 2 unspecified atom stereocenters. The van der Waals surface area contributed by atoms with Crippen molar-refractivity contribution in [3.8, 4) is 0 Å². The Labute approximate surface area is 100.0 Å². The van der Waals surface area contributed by atoms with Crippen LogP contribution in [0.5, 0.6) is 0 Å². The number of hydrogen-bond donors (Lipinski definition) is 2. The second kappa shape index (κ2) is 11.3. The maximum Gasteiger partial charge on any atom is 0.0759 e. The summed E-state index contributed by atoms with van der Waals surface area (Å²) in [6.07, 6.45) is 4.38. The first-order valence-electron chi connectivity index (χ1n) is 6.29. The monoisotopic (exact) mass is 231 g/mol. The third-order valence-electron chi connectivity index (χ3n) is 2.30. The predicted octanol–water partition coefficient (Wildman–Crippen LogP) is 2.22. The van der Waals surface area contributed by atoms with E-state index in [1.807, 2.05) is 6.92 Å². The molecule has 0 saturated heterocycles. The van der Waals surface area contributed by atoms with Crippen molar-refractivity contribution in [2.75, 3.05) is 13.2 Å². The van der Waals surface area contributed by atoms with Crippen LogP contribution >= 0.6 is 0 Å². The first-order valence-corrected chi connectivity index (χ1v) is 6.29. The highest BCUT2D eigenvalue weighted by Gasteiger charge is 2.02. The van der Waals surface area contributed by atoms with E-state index >= 15 is 0 Å². The Kier molecular flexibility index (Phi) is 11.2. The molecule has 4 nitrogen and oxygen atoms in total. The van der Waals surface area contributed by atoms with Gasteiger partial charge in [0.25, 0.3) is 0 Å². The highest BCUT2D eigenvalue weighted by molar-refractivity contribution is 4.64. The Morgan fingerprint density at radius 1 is 1.31 bits per heavy atom. The maximum atomic E-state index is 5.34. The third kappa shape index (κ3) is 10.4. The molecule has 0 aromatic carbocycles. The van der Waals surface area contributed by atoms with Crippen molar-refractivity contribution in [1.82, 2.24) is 11.0 Å². The Morgan fingerprint density at radius 2 is 2.06 bits per heavy atom. The van der Waals surface area contributed by atoms with Crippen LogP contribution < -0.4 is 11.0 Å². The van der Waals surface area contributed by atoms with Gasteiger partial charge in [-0.1, -0.05) is 20.3 Å². The molecular weight excluding hydrogens is 204 g/mol. The summed E-state index contributed by atoms with van der Waals surface area (Å²) < 4.78 is 0. The average Bonchev–Trinajstić information content (AvgIpc) is 2.30. The third-order valence-corrected chi connectivity index (χ3v) is 2.30. The van der Waals surface area contributed by atoms with Gasteiger partial charge in [-0.15, -0.1) is 0 Å². The molecule has 16 heavy (non-hydrogen) atoms. The van der Waals surface area contributed by atoms with Crippen molar-refractivity contribution in [3.05, 3.63) is 6.92 Å². The normalized spacial score (nSPS) is 15.0. The van der Waals surface area contributed by atoms with Gasteiger partial charge in [0, 0.05) is 12.6 Å². The molecule has 4 heteroatoms. The van der Waals surface area contributed by atoms with Gasteiger partial charge in [-0.3, -0.25) is 4.84 Å². The van der Waals surface area contributed by atoms with Crippen LogP contribution in [0.2, 0.25) is 0 Å². The van der Waals surface area contributed by atoms with Crippen LogP contribution in [0.15, 0.2) is 0 Å². The van der Waals surface area contributed by atoms with Crippen LogP contribution in [-0.2, 0) is 9.68 Å². The van der Waals surface area contributed by atoms with Crippen molar-refractivity contribution < 1.29 is 9.68 Å². The van der Waals surface area contributed by atoms with Crippen LogP contribution in [0.3, 0.4) is 0 Å². The number of hydroxylamine groups is 2. The minimum Gasteiger partial charge on any atom is -0.302 e. The van der Waals surface area contributed by atoms with Gasteiger partial charge in [0.1, 0.15) is 0 Å². The van der Waals surface area contributed by atoms with Gasteiger partial charge in [-0.25, -0.2) is 5.48 Å². The topological polar surface area (TPSA) is 42.5 Å². The van der Waals surface area contributed by atoms with Crippen molar-refractivity contribution in [1.29, 1.82) is 0 Å². The first kappa shape index (κ1) is 15.8. The van der Waals surface area contributed by atoms with E-state index < -0.39 is 0 Å². The smallest absolute Gasteiger partial charge is 0.0759 e. The van der Waals surface area contributed by atoms with Crippen LogP contribution in [0.25, 0.3) is 0 Å². The molecule has 2 atom stereocenters. The largest absolute Gasteiger partial charge is 0.302 e. The molecule has 0 saturated carbocycles. The number of rotatable bonds is 11. The van der Waals surface area contributed by atoms with Crippen molar-refractivity contribution >= 4 is 0 Å². The van der Waals surface area contributed by atoms with E-state index in [4.69, 9.17) is 9.68 Å². The van der Waals surface area contributed by atoms with Crippen molar-refractivity contribution in [2.45, 2.75) is 58.6 Å². The number of unbranched alkanes of at least 4 members (excludes halogenated alkanes) is 1. The molecule has 0 bridgehead atoms. The van der Waals surface area contributed by atoms with E-state index in [1.54, 1.807) is 0 Å². The van der Waals surface area contributed by atoms with Gasteiger partial charge >= 0.3 is 0 Å². The molecule has 0 heterocycles. The maximum absolute atomic E-state index is 5.34. The summed E-state index contributed by atoms with van der Waals surface area (Å²) in [6.45, 7) is 11.7. The lowest BCUT2D eigenvalue weighted by Gasteiger charge is -2.15. The fourth-order valence-electron chi connectivity index (χ4n) is 0.970. The molecule has 97 valence electrons. The molecular formula is C12H27N2O2. The zero-order valence-electron chi connectivity index (χ0n) is 10.9. The Morgan fingerprint density at radius 3 is 2.69 bits per heavy atom. The fourth-order valence-corrected chi connectivity index (χ4v) is 0.970. The first-order chi connectivity index (χ1) is 7.70. The quantitative estimate of drug-likeness (QED) is 0.423. The summed E-state index contributed by atoms with van der Waals surface area (Å²) in [5, 5.41) is 0. The molecule has 0 aromatic rings. The summed E-state index contributed by atoms with van der Waals surface area (Å²) >= 11 is 0. The van der Waals surface area contributed by atoms with Gasteiger partial charge in [0.15, 0.2) is 0 Å². The summed E-state index contributed by atoms with van der Waals surface area (Å²) in [7, 11) is 0. The molecule has 2 N–H and O–H groups in total. The highest BCUT2D eigenvalue weighted by atomic mass is 16.7. The van der Waals surface area contributed by atoms with E-state index in [-0.39, 0.29) is 12.1 Å². The van der Waals surface area contributed by atoms with Crippen molar-refractivity contribution in [3.63, 3.8) is 0 Å². The van der Waals surface area contributed by atoms with Crippen LogP contribution in [0, 0.1) is 6.92 Å². The molecule has 0 aromatic heterocycles. The molecule has 0 amide bonds. The summed E-state index contributed by atoms with van der Waals surface area (Å²) in [5.74, 6) is 0. The van der Waals surface area contributed by atoms with Crippen LogP contribution in [0.1, 0.15) is 46.5 Å². The lowest BCUT2D eigenvalue weighted by molar-refractivity contribution is -0.0223. The Bertz CT molecular complexity index is 145. The van der Waals surface area contributed by atoms with Gasteiger partial charge in [0.2, 0.25) is 0 Å². The lowest BCUT2D eigenvalue weighted by atomic mass is 10.2. The minimum absolute atomic E-state index is 0.102. The Hall–Kier alpha value is -0.160. The fraction of sp³-hybridized carbons (Fsp3) is 0.917. The summed E-state index contributed by atoms with van der Waals surface area (Å²) in [6, 6.07) is 0.102. The number of nitrogens with one attached hydrogen (secondary N) is 2. The van der Waals surface area contributed by atoms with Crippen molar-refractivity contribution in [2.24, 2.45) is 0 Å². The van der Waals surface area contributed by atoms with Gasteiger partial charge in [-0.2, -0.15) is 5.48 Å². The molecule has 1 radical (unpaired) electrons. The van der Waals surface area contributed by atoms with E-state index in [0.717, 1.165) is 38.8 Å². The molecule has 0 aliphatic heterocycles. The average molecular weight is 231 g/mol. The highest BCUT2D eigenvalue weighted by Crippen LogP contribution is 1.94. The molecule has 0 rings (SSSR count). The standard InChI is InChI=1S/C12H27N2O2/c1-5-7-10-15-14-11(3)8-9-13-16-12(4)6-2/h11-14H,3,5-10H2,1-2,4H3. The second-order valence-corrected chi connectivity index (χ2v) is 4.04. The number of hydrogen-bond acceptors (Lipinski definition) is 4.